The number of rotatable bonds is 4. The zero-order valence-corrected chi connectivity index (χ0v) is 14.9. The van der Waals surface area contributed by atoms with Gasteiger partial charge < -0.3 is 18.8 Å². The molecular weight excluding hydrogens is 334 g/mol. The minimum atomic E-state index is -0.170. The molecule has 7 nitrogen and oxygen atoms in total. The molecule has 1 amide bonds. The van der Waals surface area contributed by atoms with E-state index in [1.165, 1.54) is 6.39 Å². The van der Waals surface area contributed by atoms with Gasteiger partial charge in [-0.05, 0) is 37.5 Å². The van der Waals surface area contributed by atoms with Crippen molar-refractivity contribution < 1.29 is 18.7 Å². The molecule has 7 heteroatoms. The molecule has 0 saturated carbocycles. The average molecular weight is 357 g/mol. The number of piperidine rings is 1. The number of aromatic nitrogens is 2. The number of ether oxygens (including phenoxy) is 2. The number of carbonyl (C=O) groups excluding carboxylic acids is 1. The number of carbonyl (C=O) groups is 1. The van der Waals surface area contributed by atoms with Gasteiger partial charge in [-0.1, -0.05) is 0 Å². The fourth-order valence-electron chi connectivity index (χ4n) is 3.72. The third kappa shape index (κ3) is 3.50. The van der Waals surface area contributed by atoms with E-state index in [0.29, 0.717) is 37.8 Å². The number of oxazole rings is 1. The number of aryl methyl sites for hydroxylation is 1. The first kappa shape index (κ1) is 17.2. The van der Waals surface area contributed by atoms with Crippen LogP contribution in [0.25, 0.3) is 0 Å². The van der Waals surface area contributed by atoms with Crippen LogP contribution in [0.2, 0.25) is 0 Å². The summed E-state index contributed by atoms with van der Waals surface area (Å²) in [7, 11) is 0. The van der Waals surface area contributed by atoms with Gasteiger partial charge in [0.2, 0.25) is 5.76 Å². The predicted molar refractivity (Wildman–Crippen MR) is 92.5 cm³/mol. The second-order valence-electron chi connectivity index (χ2n) is 7.05. The fraction of sp³-hybridized carbons (Fsp3) is 0.526. The van der Waals surface area contributed by atoms with Crippen LogP contribution in [0.15, 0.2) is 35.3 Å². The van der Waals surface area contributed by atoms with E-state index in [0.717, 1.165) is 24.8 Å². The van der Waals surface area contributed by atoms with Crippen molar-refractivity contribution in [3.63, 3.8) is 0 Å². The highest BCUT2D eigenvalue weighted by atomic mass is 16.6. The molecule has 4 heterocycles. The monoisotopic (exact) mass is 357 g/mol. The summed E-state index contributed by atoms with van der Waals surface area (Å²) in [6.45, 7) is 4.29. The Morgan fingerprint density at radius 2 is 2.12 bits per heavy atom. The summed E-state index contributed by atoms with van der Waals surface area (Å²) in [4.78, 5) is 22.4. The number of likely N-dealkylation sites (tertiary alicyclic amines) is 1. The molecule has 0 aromatic carbocycles. The lowest BCUT2D eigenvalue weighted by Gasteiger charge is -2.38. The molecule has 0 radical (unpaired) electrons. The van der Waals surface area contributed by atoms with Gasteiger partial charge in [0.25, 0.3) is 5.91 Å². The molecule has 2 aliphatic rings. The summed E-state index contributed by atoms with van der Waals surface area (Å²) in [5, 5.41) is 0. The van der Waals surface area contributed by atoms with Crippen LogP contribution >= 0.6 is 0 Å². The first-order chi connectivity index (χ1) is 12.7. The van der Waals surface area contributed by atoms with Gasteiger partial charge in [0.1, 0.15) is 0 Å². The molecular formula is C19H23N3O4. The van der Waals surface area contributed by atoms with Crippen LogP contribution in [-0.4, -0.2) is 52.2 Å². The maximum absolute atomic E-state index is 12.5. The second kappa shape index (κ2) is 7.17. The lowest BCUT2D eigenvalue weighted by molar-refractivity contribution is -0.0416. The predicted octanol–water partition coefficient (Wildman–Crippen LogP) is 2.36. The van der Waals surface area contributed by atoms with Crippen molar-refractivity contribution in [2.24, 2.45) is 0 Å². The van der Waals surface area contributed by atoms with Crippen LogP contribution in [0.3, 0.4) is 0 Å². The number of pyridine rings is 1. The van der Waals surface area contributed by atoms with Crippen LogP contribution in [0, 0.1) is 6.92 Å². The van der Waals surface area contributed by atoms with Gasteiger partial charge in [0, 0.05) is 31.9 Å². The van der Waals surface area contributed by atoms with E-state index in [-0.39, 0.29) is 17.6 Å². The van der Waals surface area contributed by atoms with Crippen LogP contribution in [0.1, 0.15) is 41.1 Å². The summed E-state index contributed by atoms with van der Waals surface area (Å²) in [5.74, 6) is 0.255. The quantitative estimate of drug-likeness (QED) is 0.836. The van der Waals surface area contributed by atoms with Gasteiger partial charge in [-0.25, -0.2) is 4.98 Å². The van der Waals surface area contributed by atoms with Crippen molar-refractivity contribution in [1.82, 2.24) is 14.9 Å². The Bertz CT molecular complexity index is 753. The fourth-order valence-corrected chi connectivity index (χ4v) is 3.72. The average Bonchev–Trinajstić information content (AvgIpc) is 3.27. The molecule has 2 aliphatic heterocycles. The molecule has 1 spiro atoms. The molecule has 4 rings (SSSR count). The first-order valence-electron chi connectivity index (χ1n) is 8.99. The number of hydrogen-bond acceptors (Lipinski definition) is 6. The summed E-state index contributed by atoms with van der Waals surface area (Å²) in [6, 6.07) is 3.92. The Kier molecular flexibility index (Phi) is 4.74. The van der Waals surface area contributed by atoms with Gasteiger partial charge >= 0.3 is 0 Å². The van der Waals surface area contributed by atoms with Gasteiger partial charge in [-0.3, -0.25) is 9.78 Å². The maximum Gasteiger partial charge on any atom is 0.291 e. The SMILES string of the molecule is Cc1ncoc1C(=O)N1CCC2(CC1)CC(OCc1ccncc1)CO2. The second-order valence-corrected chi connectivity index (χ2v) is 7.05. The third-order valence-electron chi connectivity index (χ3n) is 5.31. The summed E-state index contributed by atoms with van der Waals surface area (Å²) in [6.07, 6.45) is 7.48. The van der Waals surface area contributed by atoms with E-state index in [1.807, 2.05) is 17.0 Å². The maximum atomic E-state index is 12.5. The molecule has 2 aromatic heterocycles. The van der Waals surface area contributed by atoms with Crippen molar-refractivity contribution in [1.29, 1.82) is 0 Å². The lowest BCUT2D eigenvalue weighted by atomic mass is 9.88. The normalized spacial score (nSPS) is 22.0. The number of amides is 1. The standard InChI is InChI=1S/C19H23N3O4/c1-14-17(25-13-21-14)18(23)22-8-4-19(5-9-22)10-16(12-26-19)24-11-15-2-6-20-7-3-15/h2-3,6-7,13,16H,4-5,8-12H2,1H3. The summed E-state index contributed by atoms with van der Waals surface area (Å²) in [5.41, 5.74) is 1.58. The molecule has 0 bridgehead atoms. The molecule has 0 aliphatic carbocycles. The molecule has 2 aromatic rings. The highest BCUT2D eigenvalue weighted by Crippen LogP contribution is 2.37. The molecule has 26 heavy (non-hydrogen) atoms. The van der Waals surface area contributed by atoms with E-state index in [9.17, 15) is 4.79 Å². The van der Waals surface area contributed by atoms with E-state index >= 15 is 0 Å². The Morgan fingerprint density at radius 1 is 1.35 bits per heavy atom. The van der Waals surface area contributed by atoms with Crippen LogP contribution < -0.4 is 0 Å². The summed E-state index contributed by atoms with van der Waals surface area (Å²) < 4.78 is 17.4. The lowest BCUT2D eigenvalue weighted by Crippen LogP contribution is -2.46. The largest absolute Gasteiger partial charge is 0.438 e. The highest BCUT2D eigenvalue weighted by molar-refractivity contribution is 5.92. The van der Waals surface area contributed by atoms with Crippen molar-refractivity contribution in [2.75, 3.05) is 19.7 Å². The third-order valence-corrected chi connectivity index (χ3v) is 5.31. The molecule has 2 fully saturated rings. The van der Waals surface area contributed by atoms with Gasteiger partial charge in [0.05, 0.1) is 30.6 Å². The van der Waals surface area contributed by atoms with E-state index in [2.05, 4.69) is 9.97 Å². The number of hydrogen-bond donors (Lipinski definition) is 0. The highest BCUT2D eigenvalue weighted by Gasteiger charge is 2.44. The molecule has 1 atom stereocenters. The molecule has 2 saturated heterocycles. The minimum Gasteiger partial charge on any atom is -0.438 e. The van der Waals surface area contributed by atoms with E-state index in [1.54, 1.807) is 19.3 Å². The van der Waals surface area contributed by atoms with Crippen molar-refractivity contribution >= 4 is 5.91 Å². The van der Waals surface area contributed by atoms with Crippen LogP contribution in [-0.2, 0) is 16.1 Å². The summed E-state index contributed by atoms with van der Waals surface area (Å²) >= 11 is 0. The Labute approximate surface area is 152 Å². The first-order valence-corrected chi connectivity index (χ1v) is 8.99. The minimum absolute atomic E-state index is 0.0849. The topological polar surface area (TPSA) is 77.7 Å². The van der Waals surface area contributed by atoms with E-state index in [4.69, 9.17) is 13.9 Å². The zero-order valence-electron chi connectivity index (χ0n) is 14.9. The van der Waals surface area contributed by atoms with Crippen molar-refractivity contribution in [2.45, 2.75) is 44.5 Å². The van der Waals surface area contributed by atoms with Crippen molar-refractivity contribution in [3.05, 3.63) is 47.9 Å². The Balaban J connectivity index is 1.29. The Morgan fingerprint density at radius 3 is 2.81 bits per heavy atom. The molecule has 0 N–H and O–H groups in total. The smallest absolute Gasteiger partial charge is 0.291 e. The number of nitrogens with zero attached hydrogens (tertiary/aromatic N) is 3. The van der Waals surface area contributed by atoms with Gasteiger partial charge in [-0.15, -0.1) is 0 Å². The zero-order chi connectivity index (χ0) is 18.0. The molecule has 138 valence electrons. The Hall–Kier alpha value is -2.25. The van der Waals surface area contributed by atoms with Gasteiger partial charge in [-0.2, -0.15) is 0 Å². The van der Waals surface area contributed by atoms with E-state index < -0.39 is 0 Å². The van der Waals surface area contributed by atoms with Crippen molar-refractivity contribution in [3.8, 4) is 0 Å². The van der Waals surface area contributed by atoms with Crippen LogP contribution in [0.4, 0.5) is 0 Å². The molecule has 1 unspecified atom stereocenters. The van der Waals surface area contributed by atoms with Gasteiger partial charge in [0.15, 0.2) is 6.39 Å². The van der Waals surface area contributed by atoms with Crippen LogP contribution in [0.5, 0.6) is 0 Å².